The lowest BCUT2D eigenvalue weighted by Gasteiger charge is -2.16. The van der Waals surface area contributed by atoms with Crippen LogP contribution in [0.25, 0.3) is 11.1 Å². The van der Waals surface area contributed by atoms with E-state index >= 15 is 0 Å². The highest BCUT2D eigenvalue weighted by atomic mass is 19.1. The lowest BCUT2D eigenvalue weighted by Crippen LogP contribution is -2.03. The molecule has 0 heterocycles. The summed E-state index contributed by atoms with van der Waals surface area (Å²) >= 11 is 0. The summed E-state index contributed by atoms with van der Waals surface area (Å²) in [5, 5.41) is 10.1. The number of phenolic OH excluding ortho intramolecular Hbond substituents is 1. The van der Waals surface area contributed by atoms with E-state index in [9.17, 15) is 23.5 Å². The summed E-state index contributed by atoms with van der Waals surface area (Å²) in [6.07, 6.45) is 0.530. The van der Waals surface area contributed by atoms with Crippen LogP contribution in [0, 0.1) is 11.6 Å². The zero-order chi connectivity index (χ0) is 19.4. The maximum Gasteiger partial charge on any atom is 0.153 e. The SMILES string of the molecule is O=Cc1ccc(O)c(-c2c(OCc3ccccc3)ccc(C=O)c2F)c1F. The van der Waals surface area contributed by atoms with Crippen molar-refractivity contribution in [1.29, 1.82) is 0 Å². The molecule has 1 N–H and O–H groups in total. The second-order valence-electron chi connectivity index (χ2n) is 5.71. The van der Waals surface area contributed by atoms with Gasteiger partial charge in [0.1, 0.15) is 29.7 Å². The van der Waals surface area contributed by atoms with E-state index in [0.717, 1.165) is 17.7 Å². The Morgan fingerprint density at radius 1 is 0.815 bits per heavy atom. The van der Waals surface area contributed by atoms with Crippen molar-refractivity contribution in [3.8, 4) is 22.6 Å². The van der Waals surface area contributed by atoms with Crippen molar-refractivity contribution in [2.75, 3.05) is 0 Å². The van der Waals surface area contributed by atoms with Crippen LogP contribution in [0.3, 0.4) is 0 Å². The van der Waals surface area contributed by atoms with Gasteiger partial charge in [-0.15, -0.1) is 0 Å². The van der Waals surface area contributed by atoms with Crippen molar-refractivity contribution < 1.29 is 28.2 Å². The third-order valence-corrected chi connectivity index (χ3v) is 4.02. The lowest BCUT2D eigenvalue weighted by molar-refractivity contribution is 0.111. The van der Waals surface area contributed by atoms with Gasteiger partial charge in [0.05, 0.1) is 22.3 Å². The highest BCUT2D eigenvalue weighted by Gasteiger charge is 2.24. The predicted molar refractivity (Wildman–Crippen MR) is 95.0 cm³/mol. The fraction of sp³-hybridized carbons (Fsp3) is 0.0476. The molecule has 6 heteroatoms. The van der Waals surface area contributed by atoms with Gasteiger partial charge in [-0.05, 0) is 29.8 Å². The van der Waals surface area contributed by atoms with Gasteiger partial charge in [-0.25, -0.2) is 8.78 Å². The van der Waals surface area contributed by atoms with E-state index in [0.29, 0.717) is 0 Å². The molecule has 0 amide bonds. The molecule has 0 saturated heterocycles. The first-order chi connectivity index (χ1) is 13.1. The van der Waals surface area contributed by atoms with E-state index in [1.54, 1.807) is 24.3 Å². The number of carbonyl (C=O) groups excluding carboxylic acids is 2. The summed E-state index contributed by atoms with van der Waals surface area (Å²) in [5.74, 6) is -2.80. The molecule has 136 valence electrons. The number of aldehydes is 2. The molecule has 0 aromatic heterocycles. The summed E-state index contributed by atoms with van der Waals surface area (Å²) in [6.45, 7) is 0.0590. The third-order valence-electron chi connectivity index (χ3n) is 4.02. The van der Waals surface area contributed by atoms with E-state index < -0.39 is 28.5 Å². The second-order valence-corrected chi connectivity index (χ2v) is 5.71. The van der Waals surface area contributed by atoms with E-state index in [1.165, 1.54) is 12.1 Å². The van der Waals surface area contributed by atoms with Gasteiger partial charge < -0.3 is 9.84 Å². The number of hydrogen-bond donors (Lipinski definition) is 1. The standard InChI is InChI=1S/C21H14F2O4/c22-20-14(10-24)6-8-16(26)18(20)19-17(9-7-15(11-25)21(19)23)27-12-13-4-2-1-3-5-13/h1-11,26H,12H2. The van der Waals surface area contributed by atoms with Gasteiger partial charge in [0.25, 0.3) is 0 Å². The monoisotopic (exact) mass is 368 g/mol. The van der Waals surface area contributed by atoms with Crippen molar-refractivity contribution in [2.24, 2.45) is 0 Å². The number of rotatable bonds is 6. The van der Waals surface area contributed by atoms with Crippen LogP contribution in [0.4, 0.5) is 8.78 Å². The molecular weight excluding hydrogens is 354 g/mol. The van der Waals surface area contributed by atoms with Crippen LogP contribution in [-0.2, 0) is 6.61 Å². The molecule has 0 radical (unpaired) electrons. The van der Waals surface area contributed by atoms with Crippen molar-refractivity contribution in [1.82, 2.24) is 0 Å². The molecular formula is C21H14F2O4. The van der Waals surface area contributed by atoms with Crippen molar-refractivity contribution in [3.05, 3.63) is 82.9 Å². The maximum atomic E-state index is 14.9. The van der Waals surface area contributed by atoms with Gasteiger partial charge in [-0.3, -0.25) is 9.59 Å². The van der Waals surface area contributed by atoms with E-state index in [1.807, 2.05) is 6.07 Å². The Morgan fingerprint density at radius 2 is 1.41 bits per heavy atom. The summed E-state index contributed by atoms with van der Waals surface area (Å²) in [5.41, 5.74) is -0.854. The fourth-order valence-corrected chi connectivity index (χ4v) is 2.66. The Morgan fingerprint density at radius 3 is 2.04 bits per heavy atom. The molecule has 0 aliphatic heterocycles. The number of phenols is 1. The number of carbonyl (C=O) groups is 2. The van der Waals surface area contributed by atoms with Gasteiger partial charge >= 0.3 is 0 Å². The Labute approximate surface area is 153 Å². The molecule has 3 rings (SSSR count). The molecule has 0 bridgehead atoms. The first-order valence-corrected chi connectivity index (χ1v) is 7.98. The normalized spacial score (nSPS) is 10.4. The summed E-state index contributed by atoms with van der Waals surface area (Å²) in [4.78, 5) is 22.1. The van der Waals surface area contributed by atoms with Crippen LogP contribution in [0.2, 0.25) is 0 Å². The van der Waals surface area contributed by atoms with E-state index in [-0.39, 0.29) is 36.1 Å². The smallest absolute Gasteiger partial charge is 0.153 e. The van der Waals surface area contributed by atoms with Crippen LogP contribution < -0.4 is 4.74 Å². The largest absolute Gasteiger partial charge is 0.507 e. The Bertz CT molecular complexity index is 1000. The topological polar surface area (TPSA) is 63.6 Å². The highest BCUT2D eigenvalue weighted by molar-refractivity contribution is 5.87. The van der Waals surface area contributed by atoms with Gasteiger partial charge in [-0.2, -0.15) is 0 Å². The number of benzene rings is 3. The van der Waals surface area contributed by atoms with Crippen LogP contribution in [-0.4, -0.2) is 17.7 Å². The number of aromatic hydroxyl groups is 1. The first-order valence-electron chi connectivity index (χ1n) is 7.98. The Hall–Kier alpha value is -3.54. The van der Waals surface area contributed by atoms with Crippen LogP contribution in [0.5, 0.6) is 11.5 Å². The molecule has 0 fully saturated rings. The molecule has 27 heavy (non-hydrogen) atoms. The molecule has 3 aromatic rings. The number of halogens is 2. The van der Waals surface area contributed by atoms with E-state index in [4.69, 9.17) is 4.74 Å². The molecule has 0 aliphatic carbocycles. The predicted octanol–water partition coefficient (Wildman–Crippen LogP) is 4.54. The summed E-state index contributed by atoms with van der Waals surface area (Å²) < 4.78 is 35.2. The van der Waals surface area contributed by atoms with Crippen molar-refractivity contribution >= 4 is 12.6 Å². The first kappa shape index (κ1) is 18.3. The lowest BCUT2D eigenvalue weighted by atomic mass is 9.97. The second kappa shape index (κ2) is 7.78. The summed E-state index contributed by atoms with van der Waals surface area (Å²) in [6, 6.07) is 13.7. The van der Waals surface area contributed by atoms with Crippen LogP contribution in [0.15, 0.2) is 54.6 Å². The molecule has 0 atom stereocenters. The number of hydrogen-bond acceptors (Lipinski definition) is 4. The van der Waals surface area contributed by atoms with Crippen LogP contribution in [0.1, 0.15) is 26.3 Å². The molecule has 3 aromatic carbocycles. The zero-order valence-corrected chi connectivity index (χ0v) is 14.0. The fourth-order valence-electron chi connectivity index (χ4n) is 2.66. The van der Waals surface area contributed by atoms with Crippen LogP contribution >= 0.6 is 0 Å². The molecule has 0 unspecified atom stereocenters. The molecule has 0 spiro atoms. The van der Waals surface area contributed by atoms with Gasteiger partial charge in [0, 0.05) is 0 Å². The third kappa shape index (κ3) is 3.55. The maximum absolute atomic E-state index is 14.9. The zero-order valence-electron chi connectivity index (χ0n) is 14.0. The molecule has 4 nitrogen and oxygen atoms in total. The minimum Gasteiger partial charge on any atom is -0.507 e. The molecule has 0 aliphatic rings. The van der Waals surface area contributed by atoms with Crippen molar-refractivity contribution in [3.63, 3.8) is 0 Å². The van der Waals surface area contributed by atoms with Gasteiger partial charge in [0.15, 0.2) is 12.6 Å². The number of ether oxygens (including phenoxy) is 1. The minimum absolute atomic E-state index is 0.0590. The van der Waals surface area contributed by atoms with Gasteiger partial charge in [0.2, 0.25) is 0 Å². The quantitative estimate of drug-likeness (QED) is 0.649. The van der Waals surface area contributed by atoms with Crippen molar-refractivity contribution in [2.45, 2.75) is 6.61 Å². The average Bonchev–Trinajstić information content (AvgIpc) is 2.69. The summed E-state index contributed by atoms with van der Waals surface area (Å²) in [7, 11) is 0. The minimum atomic E-state index is -1.10. The Balaban J connectivity index is 2.16. The van der Waals surface area contributed by atoms with E-state index in [2.05, 4.69) is 0 Å². The average molecular weight is 368 g/mol. The highest BCUT2D eigenvalue weighted by Crippen LogP contribution is 2.41. The van der Waals surface area contributed by atoms with Gasteiger partial charge in [-0.1, -0.05) is 30.3 Å². The Kier molecular flexibility index (Phi) is 5.26. The molecule has 0 saturated carbocycles.